The topological polar surface area (TPSA) is 101 Å². The van der Waals surface area contributed by atoms with Gasteiger partial charge in [-0.05, 0) is 18.4 Å². The van der Waals surface area contributed by atoms with Gasteiger partial charge in [-0.3, -0.25) is 0 Å². The largest absolute Gasteiger partial charge is 0.378 e. The molecule has 2 aromatic rings. The first-order valence-corrected chi connectivity index (χ1v) is 11.6. The minimum absolute atomic E-state index is 0.454. The summed E-state index contributed by atoms with van der Waals surface area (Å²) in [6.45, 7) is 5.36. The Kier molecular flexibility index (Phi) is 12.7. The molecule has 3 N–H and O–H groups in total. The lowest BCUT2D eigenvalue weighted by Crippen LogP contribution is -2.16. The van der Waals surface area contributed by atoms with E-state index in [4.69, 9.17) is 47.9 Å². The van der Waals surface area contributed by atoms with E-state index in [0.717, 1.165) is 5.03 Å². The van der Waals surface area contributed by atoms with Gasteiger partial charge in [-0.15, -0.1) is 11.8 Å². The van der Waals surface area contributed by atoms with E-state index in [1.807, 2.05) is 6.26 Å². The molecule has 1 heterocycles. The highest BCUT2D eigenvalue weighted by Gasteiger charge is 2.10. The Morgan fingerprint density at radius 1 is 0.833 bits per heavy atom. The van der Waals surface area contributed by atoms with Gasteiger partial charge in [0.2, 0.25) is 0 Å². The molecular formula is C19H28Cl2N4O4S. The number of ether oxygens (including phenoxy) is 4. The summed E-state index contributed by atoms with van der Waals surface area (Å²) in [6, 6.07) is 3.44. The van der Waals surface area contributed by atoms with Crippen molar-refractivity contribution in [1.82, 2.24) is 9.97 Å². The lowest BCUT2D eigenvalue weighted by atomic mass is 10.3. The number of benzene rings is 1. The van der Waals surface area contributed by atoms with Gasteiger partial charge >= 0.3 is 0 Å². The Hall–Kier alpha value is -0.910. The maximum absolute atomic E-state index is 6.08. The molecule has 2 rings (SSSR count). The number of fused-ring (bicyclic) bond motifs is 1. The van der Waals surface area contributed by atoms with Gasteiger partial charge < -0.3 is 30.0 Å². The summed E-state index contributed by atoms with van der Waals surface area (Å²) in [4.78, 5) is 9.19. The van der Waals surface area contributed by atoms with Crippen LogP contribution < -0.4 is 11.1 Å². The van der Waals surface area contributed by atoms with Crippen LogP contribution in [0.3, 0.4) is 0 Å². The van der Waals surface area contributed by atoms with Crippen LogP contribution in [0.1, 0.15) is 0 Å². The lowest BCUT2D eigenvalue weighted by molar-refractivity contribution is 0.0000657. The maximum Gasteiger partial charge on any atom is 0.159 e. The summed E-state index contributed by atoms with van der Waals surface area (Å²) in [5.74, 6) is 0.695. The molecule has 0 amide bonds. The van der Waals surface area contributed by atoms with Crippen LogP contribution in [0.2, 0.25) is 10.0 Å². The molecule has 0 saturated carbocycles. The van der Waals surface area contributed by atoms with Crippen molar-refractivity contribution in [3.8, 4) is 0 Å². The fraction of sp³-hybridized carbons (Fsp3) is 0.579. The standard InChI is InChI=1S/C19H28Cl2N4O4S/c1-30-19-18(24-16-12-14(20)15(21)13-17(16)25-19)23-3-5-27-7-9-29-11-10-28-8-6-26-4-2-22/h12-13H,2-11,22H2,1H3,(H,23,24). The van der Waals surface area contributed by atoms with Crippen LogP contribution in [0.15, 0.2) is 17.2 Å². The number of hydrogen-bond acceptors (Lipinski definition) is 9. The van der Waals surface area contributed by atoms with Gasteiger partial charge in [0.05, 0.1) is 73.9 Å². The molecule has 8 nitrogen and oxygen atoms in total. The van der Waals surface area contributed by atoms with Crippen molar-refractivity contribution < 1.29 is 18.9 Å². The lowest BCUT2D eigenvalue weighted by Gasteiger charge is -2.11. The summed E-state index contributed by atoms with van der Waals surface area (Å²) >= 11 is 13.6. The second kappa shape index (κ2) is 15.0. The third-order valence-electron chi connectivity index (χ3n) is 3.78. The number of hydrogen-bond donors (Lipinski definition) is 2. The molecule has 0 aliphatic carbocycles. The molecule has 0 unspecified atom stereocenters. The third kappa shape index (κ3) is 9.07. The Labute approximate surface area is 191 Å². The van der Waals surface area contributed by atoms with Crippen molar-refractivity contribution in [1.29, 1.82) is 0 Å². The van der Waals surface area contributed by atoms with Gasteiger partial charge in [-0.2, -0.15) is 0 Å². The molecule has 1 aromatic carbocycles. The van der Waals surface area contributed by atoms with Crippen molar-refractivity contribution in [2.24, 2.45) is 5.73 Å². The summed E-state index contributed by atoms with van der Waals surface area (Å²) in [5, 5.41) is 4.96. The van der Waals surface area contributed by atoms with Crippen LogP contribution in [0, 0.1) is 0 Å². The molecule has 0 aliphatic rings. The second-order valence-corrected chi connectivity index (χ2v) is 7.61. The minimum Gasteiger partial charge on any atom is -0.378 e. The SMILES string of the molecule is CSc1nc2cc(Cl)c(Cl)cc2nc1NCCOCCOCCOCCOCCN. The van der Waals surface area contributed by atoms with Crippen molar-refractivity contribution in [2.45, 2.75) is 5.03 Å². The number of nitrogens with two attached hydrogens (primary N) is 1. The number of aromatic nitrogens is 2. The highest BCUT2D eigenvalue weighted by Crippen LogP contribution is 2.30. The molecule has 0 saturated heterocycles. The van der Waals surface area contributed by atoms with Crippen LogP contribution in [-0.2, 0) is 18.9 Å². The number of halogens is 2. The molecular weight excluding hydrogens is 451 g/mol. The molecule has 0 fully saturated rings. The Morgan fingerprint density at radius 3 is 1.87 bits per heavy atom. The van der Waals surface area contributed by atoms with Gasteiger partial charge in [0, 0.05) is 13.1 Å². The number of nitrogens with one attached hydrogen (secondary N) is 1. The number of anilines is 1. The van der Waals surface area contributed by atoms with E-state index in [2.05, 4.69) is 15.3 Å². The molecule has 0 aliphatic heterocycles. The van der Waals surface area contributed by atoms with Gasteiger partial charge in [0.25, 0.3) is 0 Å². The summed E-state index contributed by atoms with van der Waals surface area (Å²) < 4.78 is 21.6. The zero-order valence-electron chi connectivity index (χ0n) is 17.0. The first-order valence-electron chi connectivity index (χ1n) is 9.61. The summed E-state index contributed by atoms with van der Waals surface area (Å²) in [7, 11) is 0. The fourth-order valence-electron chi connectivity index (χ4n) is 2.38. The molecule has 11 heteroatoms. The molecule has 0 spiro atoms. The van der Waals surface area contributed by atoms with Gasteiger partial charge in [0.15, 0.2) is 5.82 Å². The molecule has 30 heavy (non-hydrogen) atoms. The smallest absolute Gasteiger partial charge is 0.159 e. The normalized spacial score (nSPS) is 11.3. The van der Waals surface area contributed by atoms with Crippen LogP contribution in [0.5, 0.6) is 0 Å². The molecule has 0 radical (unpaired) electrons. The number of nitrogens with zero attached hydrogens (tertiary/aromatic N) is 2. The van der Waals surface area contributed by atoms with E-state index in [-0.39, 0.29) is 0 Å². The predicted octanol–water partition coefficient (Wildman–Crippen LogP) is 3.10. The summed E-state index contributed by atoms with van der Waals surface area (Å²) in [6.07, 6.45) is 1.95. The van der Waals surface area contributed by atoms with Gasteiger partial charge in [-0.1, -0.05) is 23.2 Å². The third-order valence-corrected chi connectivity index (χ3v) is 5.18. The van der Waals surface area contributed by atoms with Crippen LogP contribution in [0.25, 0.3) is 11.0 Å². The van der Waals surface area contributed by atoms with E-state index < -0.39 is 0 Å². The van der Waals surface area contributed by atoms with Crippen LogP contribution >= 0.6 is 35.0 Å². The van der Waals surface area contributed by atoms with E-state index in [9.17, 15) is 0 Å². The van der Waals surface area contributed by atoms with Crippen LogP contribution in [-0.4, -0.2) is 82.2 Å². The van der Waals surface area contributed by atoms with Gasteiger partial charge in [-0.25, -0.2) is 9.97 Å². The Balaban J connectivity index is 1.58. The average Bonchev–Trinajstić information content (AvgIpc) is 2.74. The van der Waals surface area contributed by atoms with Crippen molar-refractivity contribution in [3.05, 3.63) is 22.2 Å². The number of thioether (sulfide) groups is 1. The highest BCUT2D eigenvalue weighted by molar-refractivity contribution is 7.98. The molecule has 1 aromatic heterocycles. The zero-order valence-corrected chi connectivity index (χ0v) is 19.3. The van der Waals surface area contributed by atoms with Gasteiger partial charge in [0.1, 0.15) is 5.03 Å². The monoisotopic (exact) mass is 478 g/mol. The molecule has 0 atom stereocenters. The number of rotatable bonds is 16. The van der Waals surface area contributed by atoms with Crippen molar-refractivity contribution in [2.75, 3.05) is 77.5 Å². The van der Waals surface area contributed by atoms with E-state index in [1.165, 1.54) is 11.8 Å². The first-order chi connectivity index (χ1) is 14.7. The van der Waals surface area contributed by atoms with Crippen molar-refractivity contribution in [3.63, 3.8) is 0 Å². The zero-order chi connectivity index (χ0) is 21.6. The first kappa shape index (κ1) is 25.4. The quantitative estimate of drug-likeness (QED) is 0.278. The predicted molar refractivity (Wildman–Crippen MR) is 122 cm³/mol. The summed E-state index contributed by atoms with van der Waals surface area (Å²) in [5.41, 5.74) is 6.72. The average molecular weight is 479 g/mol. The maximum atomic E-state index is 6.08. The van der Waals surface area contributed by atoms with E-state index >= 15 is 0 Å². The second-order valence-electron chi connectivity index (χ2n) is 6.00. The Bertz CT molecular complexity index is 773. The molecule has 168 valence electrons. The molecule has 0 bridgehead atoms. The Morgan fingerprint density at radius 2 is 1.33 bits per heavy atom. The fourth-order valence-corrected chi connectivity index (χ4v) is 3.20. The highest BCUT2D eigenvalue weighted by atomic mass is 35.5. The van der Waals surface area contributed by atoms with Crippen LogP contribution in [0.4, 0.5) is 5.82 Å². The van der Waals surface area contributed by atoms with E-state index in [0.29, 0.717) is 92.8 Å². The minimum atomic E-state index is 0.454. The van der Waals surface area contributed by atoms with Crippen molar-refractivity contribution >= 4 is 51.8 Å². The van der Waals surface area contributed by atoms with E-state index in [1.54, 1.807) is 12.1 Å².